The number of carbonyl (C=O) groups excluding carboxylic acids is 1. The van der Waals surface area contributed by atoms with E-state index in [0.29, 0.717) is 5.92 Å². The molecular formula is C14H24N2O3. The Morgan fingerprint density at radius 1 is 1.37 bits per heavy atom. The van der Waals surface area contributed by atoms with Gasteiger partial charge >= 0.3 is 6.09 Å². The van der Waals surface area contributed by atoms with Gasteiger partial charge in [0, 0.05) is 12.5 Å². The highest BCUT2D eigenvalue weighted by molar-refractivity contribution is 5.90. The van der Waals surface area contributed by atoms with Crippen LogP contribution in [-0.4, -0.2) is 41.2 Å². The van der Waals surface area contributed by atoms with Crippen molar-refractivity contribution in [2.45, 2.75) is 64.1 Å². The number of methoxy groups -OCH3 is 1. The number of piperidine rings is 1. The van der Waals surface area contributed by atoms with Crippen LogP contribution in [0.1, 0.15) is 47.0 Å². The van der Waals surface area contributed by atoms with Gasteiger partial charge in [0.25, 0.3) is 0 Å². The summed E-state index contributed by atoms with van der Waals surface area (Å²) in [6.07, 6.45) is 2.27. The third-order valence-electron chi connectivity index (χ3n) is 3.98. The molecule has 1 aliphatic carbocycles. The van der Waals surface area contributed by atoms with Crippen LogP contribution in [0.4, 0.5) is 4.79 Å². The van der Waals surface area contributed by atoms with Crippen LogP contribution in [0.25, 0.3) is 0 Å². The molecule has 2 heterocycles. The zero-order valence-electron chi connectivity index (χ0n) is 12.4. The van der Waals surface area contributed by atoms with Crippen molar-refractivity contribution in [2.75, 3.05) is 7.11 Å². The summed E-state index contributed by atoms with van der Waals surface area (Å²) in [5.74, 6) is 0.689. The second-order valence-corrected chi connectivity index (χ2v) is 6.82. The van der Waals surface area contributed by atoms with E-state index in [1.807, 2.05) is 20.8 Å². The predicted molar refractivity (Wildman–Crippen MR) is 72.3 cm³/mol. The highest BCUT2D eigenvalue weighted by Crippen LogP contribution is 2.50. The molecule has 0 aromatic carbocycles. The number of rotatable bonds is 1. The first kappa shape index (κ1) is 14.2. The fourth-order valence-corrected chi connectivity index (χ4v) is 3.43. The molecule has 1 N–H and O–H groups in total. The van der Waals surface area contributed by atoms with Crippen LogP contribution in [0.5, 0.6) is 0 Å². The highest BCUT2D eigenvalue weighted by atomic mass is 16.6. The van der Waals surface area contributed by atoms with E-state index >= 15 is 0 Å². The van der Waals surface area contributed by atoms with Crippen molar-refractivity contribution in [1.29, 1.82) is 5.41 Å². The van der Waals surface area contributed by atoms with Gasteiger partial charge in [-0.2, -0.15) is 0 Å². The quantitative estimate of drug-likeness (QED) is 0.587. The molecule has 3 atom stereocenters. The highest BCUT2D eigenvalue weighted by Gasteiger charge is 2.62. The minimum atomic E-state index is -0.570. The van der Waals surface area contributed by atoms with Crippen LogP contribution < -0.4 is 0 Å². The van der Waals surface area contributed by atoms with Gasteiger partial charge in [-0.05, 0) is 39.5 Å². The molecule has 3 fully saturated rings. The van der Waals surface area contributed by atoms with E-state index in [9.17, 15) is 4.79 Å². The Kier molecular flexibility index (Phi) is 3.27. The number of nitrogens with zero attached hydrogens (tertiary/aromatic N) is 1. The first-order chi connectivity index (χ1) is 8.69. The molecule has 0 spiro atoms. The molecule has 108 valence electrons. The van der Waals surface area contributed by atoms with E-state index in [0.717, 1.165) is 19.3 Å². The van der Waals surface area contributed by atoms with Gasteiger partial charge in [0.1, 0.15) is 11.1 Å². The number of hydrogen-bond acceptors (Lipinski definition) is 4. The second-order valence-electron chi connectivity index (χ2n) is 6.82. The van der Waals surface area contributed by atoms with Crippen LogP contribution in [0.15, 0.2) is 0 Å². The molecule has 0 aromatic heterocycles. The first-order valence-electron chi connectivity index (χ1n) is 6.85. The first-order valence-corrected chi connectivity index (χ1v) is 6.85. The predicted octanol–water partition coefficient (Wildman–Crippen LogP) is 2.79. The number of amides is 1. The topological polar surface area (TPSA) is 62.6 Å². The number of ether oxygens (including phenoxy) is 2. The Hall–Kier alpha value is -1.26. The summed E-state index contributed by atoms with van der Waals surface area (Å²) in [6.45, 7) is 7.74. The number of carbonyl (C=O) groups is 1. The van der Waals surface area contributed by atoms with Gasteiger partial charge in [0.05, 0.1) is 7.11 Å². The van der Waals surface area contributed by atoms with Gasteiger partial charge in [0.2, 0.25) is 5.90 Å². The molecule has 2 aliphatic heterocycles. The van der Waals surface area contributed by atoms with Crippen molar-refractivity contribution in [3.8, 4) is 0 Å². The lowest BCUT2D eigenvalue weighted by molar-refractivity contribution is -0.0972. The van der Waals surface area contributed by atoms with Crippen molar-refractivity contribution in [2.24, 2.45) is 5.92 Å². The van der Waals surface area contributed by atoms with Crippen LogP contribution in [0, 0.1) is 11.3 Å². The maximum Gasteiger partial charge on any atom is 0.411 e. The molecule has 3 rings (SSSR count). The molecule has 5 heteroatoms. The van der Waals surface area contributed by atoms with Gasteiger partial charge < -0.3 is 9.47 Å². The fraction of sp³-hybridized carbons (Fsp3) is 0.857. The average Bonchev–Trinajstić information content (AvgIpc) is 2.23. The van der Waals surface area contributed by atoms with Crippen LogP contribution in [0.2, 0.25) is 0 Å². The monoisotopic (exact) mass is 268 g/mol. The van der Waals surface area contributed by atoms with Crippen molar-refractivity contribution in [3.63, 3.8) is 0 Å². The molecule has 2 saturated heterocycles. The summed E-state index contributed by atoms with van der Waals surface area (Å²) in [4.78, 5) is 14.1. The maximum atomic E-state index is 12.3. The van der Waals surface area contributed by atoms with Gasteiger partial charge in [-0.25, -0.2) is 4.79 Å². The Morgan fingerprint density at radius 2 is 2.00 bits per heavy atom. The molecule has 3 aliphatic rings. The summed E-state index contributed by atoms with van der Waals surface area (Å²) < 4.78 is 10.6. The molecule has 2 bridgehead atoms. The van der Waals surface area contributed by atoms with E-state index < -0.39 is 11.1 Å². The molecule has 1 amide bonds. The van der Waals surface area contributed by atoms with Crippen molar-refractivity contribution < 1.29 is 14.3 Å². The number of hydrogen-bond donors (Lipinski definition) is 1. The van der Waals surface area contributed by atoms with Gasteiger partial charge in [0.15, 0.2) is 0 Å². The van der Waals surface area contributed by atoms with Crippen LogP contribution >= 0.6 is 0 Å². The second kappa shape index (κ2) is 4.39. The lowest BCUT2D eigenvalue weighted by atomic mass is 9.64. The van der Waals surface area contributed by atoms with Crippen molar-refractivity contribution >= 4 is 12.0 Å². The van der Waals surface area contributed by atoms with Crippen molar-refractivity contribution in [1.82, 2.24) is 4.90 Å². The van der Waals surface area contributed by atoms with E-state index in [1.165, 1.54) is 7.11 Å². The molecule has 19 heavy (non-hydrogen) atoms. The summed E-state index contributed by atoms with van der Waals surface area (Å²) in [6, 6.07) is 0.189. The summed E-state index contributed by atoms with van der Waals surface area (Å²) in [5, 5.41) is 8.04. The van der Waals surface area contributed by atoms with E-state index in [1.54, 1.807) is 4.90 Å². The van der Waals surface area contributed by atoms with E-state index in [2.05, 4.69) is 6.92 Å². The third-order valence-corrected chi connectivity index (χ3v) is 3.98. The average molecular weight is 268 g/mol. The van der Waals surface area contributed by atoms with E-state index in [4.69, 9.17) is 14.9 Å². The largest absolute Gasteiger partial charge is 0.483 e. The fourth-order valence-electron chi connectivity index (χ4n) is 3.43. The smallest absolute Gasteiger partial charge is 0.411 e. The third kappa shape index (κ3) is 2.30. The van der Waals surface area contributed by atoms with Crippen LogP contribution in [-0.2, 0) is 9.47 Å². The van der Waals surface area contributed by atoms with Crippen molar-refractivity contribution in [3.05, 3.63) is 0 Å². The Bertz CT molecular complexity index is 402. The summed E-state index contributed by atoms with van der Waals surface area (Å²) >= 11 is 0. The molecule has 5 nitrogen and oxygen atoms in total. The molecular weight excluding hydrogens is 244 g/mol. The Labute approximate surface area is 114 Å². The normalized spacial score (nSPS) is 33.4. The molecule has 1 saturated carbocycles. The zero-order valence-corrected chi connectivity index (χ0v) is 12.4. The van der Waals surface area contributed by atoms with Gasteiger partial charge in [-0.1, -0.05) is 6.92 Å². The molecule has 0 aromatic rings. The molecule has 0 radical (unpaired) electrons. The van der Waals surface area contributed by atoms with Gasteiger partial charge in [-0.15, -0.1) is 0 Å². The number of fused-ring (bicyclic) bond motifs is 2. The van der Waals surface area contributed by atoms with Gasteiger partial charge in [-0.3, -0.25) is 10.3 Å². The Balaban J connectivity index is 2.20. The maximum absolute atomic E-state index is 12.3. The van der Waals surface area contributed by atoms with Crippen LogP contribution in [0.3, 0.4) is 0 Å². The SMILES string of the molecule is COC(=N)C12CC(C)CC(C1)N2C(=O)OC(C)(C)C. The summed E-state index contributed by atoms with van der Waals surface area (Å²) in [7, 11) is 1.50. The molecule has 3 unspecified atom stereocenters. The standard InChI is InChI=1S/C14H24N2O3/c1-9-6-10-8-14(7-9,11(15)18-5)16(10)12(17)19-13(2,3)4/h9-10,15H,6-8H2,1-5H3. The van der Waals surface area contributed by atoms with E-state index in [-0.39, 0.29) is 18.0 Å². The lowest BCUT2D eigenvalue weighted by Crippen LogP contribution is -2.75. The Morgan fingerprint density at radius 3 is 2.53 bits per heavy atom. The summed E-state index contributed by atoms with van der Waals surface area (Å²) in [5.41, 5.74) is -1.08. The zero-order chi connectivity index (χ0) is 14.4. The minimum Gasteiger partial charge on any atom is -0.483 e. The number of nitrogens with one attached hydrogen (secondary N) is 1. The minimum absolute atomic E-state index is 0.182. The lowest BCUT2D eigenvalue weighted by Gasteiger charge is -2.61.